The highest BCUT2D eigenvalue weighted by Gasteiger charge is 2.80. The summed E-state index contributed by atoms with van der Waals surface area (Å²) in [5, 5.41) is 0. The van der Waals surface area contributed by atoms with Crippen molar-refractivity contribution in [2.75, 3.05) is 0 Å². The first-order valence-electron chi connectivity index (χ1n) is 3.94. The molecular formula is C7H9ClF2O2S. The molecule has 0 unspecified atom stereocenters. The molecule has 3 aliphatic carbocycles. The highest BCUT2D eigenvalue weighted by Crippen LogP contribution is 2.76. The highest BCUT2D eigenvalue weighted by molar-refractivity contribution is 8.15. The summed E-state index contributed by atoms with van der Waals surface area (Å²) in [5.41, 5.74) is -1.07. The molecule has 3 aliphatic rings. The summed E-state index contributed by atoms with van der Waals surface area (Å²) in [6.07, 6.45) is 0.0694. The zero-order valence-electron chi connectivity index (χ0n) is 6.98. The van der Waals surface area contributed by atoms with E-state index in [-0.39, 0.29) is 19.3 Å². The summed E-state index contributed by atoms with van der Waals surface area (Å²) in [6, 6.07) is 0. The van der Waals surface area contributed by atoms with Crippen molar-refractivity contribution in [3.8, 4) is 0 Å². The Bertz CT molecular complexity index is 337. The van der Waals surface area contributed by atoms with E-state index in [4.69, 9.17) is 10.7 Å². The predicted octanol–water partition coefficient (Wildman–Crippen LogP) is 2.13. The molecule has 0 aromatic heterocycles. The van der Waals surface area contributed by atoms with Gasteiger partial charge in [0.25, 0.3) is 5.92 Å². The van der Waals surface area contributed by atoms with Crippen LogP contribution in [0.5, 0.6) is 0 Å². The first-order chi connectivity index (χ1) is 5.62. The molecule has 0 saturated heterocycles. The zero-order valence-corrected chi connectivity index (χ0v) is 8.55. The van der Waals surface area contributed by atoms with E-state index in [1.165, 1.54) is 0 Å². The second kappa shape index (κ2) is 2.03. The van der Waals surface area contributed by atoms with Gasteiger partial charge in [-0.3, -0.25) is 0 Å². The fourth-order valence-electron chi connectivity index (χ4n) is 2.42. The maximum Gasteiger partial charge on any atom is 0.251 e. The van der Waals surface area contributed by atoms with E-state index in [1.807, 2.05) is 0 Å². The van der Waals surface area contributed by atoms with Gasteiger partial charge in [0.1, 0.15) is 0 Å². The van der Waals surface area contributed by atoms with Crippen molar-refractivity contribution in [2.45, 2.75) is 36.9 Å². The van der Waals surface area contributed by atoms with Gasteiger partial charge in [-0.05, 0) is 26.2 Å². The van der Waals surface area contributed by atoms with Crippen LogP contribution in [0.2, 0.25) is 0 Å². The molecule has 3 saturated carbocycles. The van der Waals surface area contributed by atoms with Crippen molar-refractivity contribution in [2.24, 2.45) is 5.41 Å². The topological polar surface area (TPSA) is 34.1 Å². The minimum atomic E-state index is -3.66. The predicted molar refractivity (Wildman–Crippen MR) is 44.4 cm³/mol. The minimum Gasteiger partial charge on any atom is -0.212 e. The molecule has 2 nitrogen and oxygen atoms in total. The molecule has 0 atom stereocenters. The Hall–Kier alpha value is 0.1000. The van der Waals surface area contributed by atoms with Crippen LogP contribution in [-0.4, -0.2) is 19.1 Å². The molecule has 0 spiro atoms. The fraction of sp³-hybridized carbons (Fsp3) is 1.00. The summed E-state index contributed by atoms with van der Waals surface area (Å²) < 4.78 is 46.7. The quantitative estimate of drug-likeness (QED) is 0.681. The molecule has 6 heteroatoms. The smallest absolute Gasteiger partial charge is 0.212 e. The summed E-state index contributed by atoms with van der Waals surface area (Å²) in [5.74, 6) is -2.78. The summed E-state index contributed by atoms with van der Waals surface area (Å²) in [4.78, 5) is 0. The largest absolute Gasteiger partial charge is 0.251 e. The number of hydrogen-bond donors (Lipinski definition) is 0. The standard InChI is InChI=1S/C7H9ClF2O2S/c1-5(9,10)6-2-7(3-6,4-6)13(8,11)12/h2-4H2,1H3. The molecule has 76 valence electrons. The van der Waals surface area contributed by atoms with Crippen LogP contribution >= 0.6 is 10.7 Å². The van der Waals surface area contributed by atoms with Gasteiger partial charge < -0.3 is 0 Å². The van der Waals surface area contributed by atoms with Crippen molar-refractivity contribution < 1.29 is 17.2 Å². The van der Waals surface area contributed by atoms with Crippen LogP contribution in [0.3, 0.4) is 0 Å². The van der Waals surface area contributed by atoms with Gasteiger partial charge in [0.15, 0.2) is 0 Å². The van der Waals surface area contributed by atoms with Crippen molar-refractivity contribution >= 4 is 19.7 Å². The Labute approximate surface area is 79.7 Å². The van der Waals surface area contributed by atoms with Gasteiger partial charge in [0.2, 0.25) is 9.05 Å². The Morgan fingerprint density at radius 3 is 1.92 bits per heavy atom. The molecule has 0 radical (unpaired) electrons. The van der Waals surface area contributed by atoms with Crippen molar-refractivity contribution in [1.82, 2.24) is 0 Å². The normalized spacial score (nSPS) is 43.7. The molecule has 2 bridgehead atoms. The average molecular weight is 231 g/mol. The third-order valence-corrected chi connectivity index (χ3v) is 5.88. The van der Waals surface area contributed by atoms with Crippen LogP contribution < -0.4 is 0 Å². The van der Waals surface area contributed by atoms with E-state index in [9.17, 15) is 17.2 Å². The van der Waals surface area contributed by atoms with Gasteiger partial charge in [-0.25, -0.2) is 17.2 Å². The van der Waals surface area contributed by atoms with Crippen molar-refractivity contribution in [3.63, 3.8) is 0 Å². The van der Waals surface area contributed by atoms with Crippen LogP contribution in [-0.2, 0) is 9.05 Å². The Balaban J connectivity index is 2.18. The molecule has 3 fully saturated rings. The lowest BCUT2D eigenvalue weighted by Gasteiger charge is -2.69. The molecule has 0 aromatic rings. The third kappa shape index (κ3) is 0.947. The zero-order chi connectivity index (χ0) is 10.1. The first kappa shape index (κ1) is 9.65. The number of rotatable bonds is 2. The summed E-state index contributed by atoms with van der Waals surface area (Å²) >= 11 is 0. The van der Waals surface area contributed by atoms with Crippen LogP contribution in [0.25, 0.3) is 0 Å². The Kier molecular flexibility index (Phi) is 1.51. The maximum atomic E-state index is 12.9. The van der Waals surface area contributed by atoms with Gasteiger partial charge in [-0.15, -0.1) is 0 Å². The van der Waals surface area contributed by atoms with Gasteiger partial charge in [-0.1, -0.05) is 0 Å². The van der Waals surface area contributed by atoms with Crippen molar-refractivity contribution in [1.29, 1.82) is 0 Å². The summed E-state index contributed by atoms with van der Waals surface area (Å²) in [7, 11) is 1.49. The number of halogens is 3. The Morgan fingerprint density at radius 2 is 1.69 bits per heavy atom. The molecule has 13 heavy (non-hydrogen) atoms. The van der Waals surface area contributed by atoms with Crippen LogP contribution in [0, 0.1) is 5.41 Å². The highest BCUT2D eigenvalue weighted by atomic mass is 35.7. The van der Waals surface area contributed by atoms with Gasteiger partial charge in [0, 0.05) is 16.1 Å². The monoisotopic (exact) mass is 230 g/mol. The number of hydrogen-bond acceptors (Lipinski definition) is 2. The molecule has 0 amide bonds. The Morgan fingerprint density at radius 1 is 1.31 bits per heavy atom. The van der Waals surface area contributed by atoms with Gasteiger partial charge >= 0.3 is 0 Å². The van der Waals surface area contributed by atoms with Crippen molar-refractivity contribution in [3.05, 3.63) is 0 Å². The second-order valence-electron chi connectivity index (χ2n) is 4.32. The minimum absolute atomic E-state index is 0.0231. The van der Waals surface area contributed by atoms with Crippen LogP contribution in [0.4, 0.5) is 8.78 Å². The van der Waals surface area contributed by atoms with Crippen LogP contribution in [0.1, 0.15) is 26.2 Å². The van der Waals surface area contributed by atoms with E-state index in [2.05, 4.69) is 0 Å². The van der Waals surface area contributed by atoms with Gasteiger partial charge in [0.05, 0.1) is 4.75 Å². The SMILES string of the molecule is CC(F)(F)C12CC(S(=O)(=O)Cl)(C1)C2. The molecule has 3 rings (SSSR count). The molecule has 0 N–H and O–H groups in total. The van der Waals surface area contributed by atoms with E-state index < -0.39 is 25.1 Å². The lowest BCUT2D eigenvalue weighted by Crippen LogP contribution is -2.74. The second-order valence-corrected chi connectivity index (χ2v) is 7.28. The van der Waals surface area contributed by atoms with E-state index in [1.54, 1.807) is 0 Å². The average Bonchev–Trinajstić information content (AvgIpc) is 1.41. The van der Waals surface area contributed by atoms with Gasteiger partial charge in [-0.2, -0.15) is 0 Å². The van der Waals surface area contributed by atoms with Crippen LogP contribution in [0.15, 0.2) is 0 Å². The van der Waals surface area contributed by atoms with E-state index in [0.29, 0.717) is 0 Å². The van der Waals surface area contributed by atoms with E-state index >= 15 is 0 Å². The fourth-order valence-corrected chi connectivity index (χ4v) is 4.26. The lowest BCUT2D eigenvalue weighted by molar-refractivity contribution is -0.240. The molecular weight excluding hydrogens is 222 g/mol. The first-order valence-corrected chi connectivity index (χ1v) is 6.25. The summed E-state index contributed by atoms with van der Waals surface area (Å²) in [6.45, 7) is 0.844. The van der Waals surface area contributed by atoms with E-state index in [0.717, 1.165) is 6.92 Å². The molecule has 0 heterocycles. The number of alkyl halides is 2. The molecule has 0 aromatic carbocycles. The maximum absolute atomic E-state index is 12.9. The lowest BCUT2D eigenvalue weighted by atomic mass is 9.41. The third-order valence-electron chi connectivity index (χ3n) is 3.43. The molecule has 0 aliphatic heterocycles.